The molecule has 0 fully saturated rings. The third-order valence-electron chi connectivity index (χ3n) is 3.76. The molecule has 3 rings (SSSR count). The van der Waals surface area contributed by atoms with Crippen LogP contribution in [0.2, 0.25) is 0 Å². The molecule has 2 amide bonds. The van der Waals surface area contributed by atoms with Crippen molar-refractivity contribution in [3.8, 4) is 11.5 Å². The van der Waals surface area contributed by atoms with E-state index >= 15 is 0 Å². The first-order valence-electron chi connectivity index (χ1n) is 7.85. The maximum Gasteiger partial charge on any atom is 0.272 e. The molecule has 0 saturated carbocycles. The van der Waals surface area contributed by atoms with Crippen LogP contribution >= 0.6 is 0 Å². The number of aromatic nitrogens is 2. The summed E-state index contributed by atoms with van der Waals surface area (Å²) >= 11 is 0. The SMILES string of the molecule is COc1ccc(NC(=O)CNC(=O)c2n[nH]c3ccccc23)cc1OC. The van der Waals surface area contributed by atoms with E-state index in [-0.39, 0.29) is 18.1 Å². The van der Waals surface area contributed by atoms with Crippen molar-refractivity contribution < 1.29 is 19.1 Å². The highest BCUT2D eigenvalue weighted by Crippen LogP contribution is 2.29. The molecule has 0 spiro atoms. The normalized spacial score (nSPS) is 10.4. The van der Waals surface area contributed by atoms with Crippen LogP contribution in [-0.2, 0) is 4.79 Å². The summed E-state index contributed by atoms with van der Waals surface area (Å²) in [5.74, 6) is 0.261. The monoisotopic (exact) mass is 354 g/mol. The van der Waals surface area contributed by atoms with E-state index in [9.17, 15) is 9.59 Å². The van der Waals surface area contributed by atoms with Crippen LogP contribution in [0.5, 0.6) is 11.5 Å². The molecule has 8 nitrogen and oxygen atoms in total. The van der Waals surface area contributed by atoms with Crippen molar-refractivity contribution in [1.82, 2.24) is 15.5 Å². The lowest BCUT2D eigenvalue weighted by molar-refractivity contribution is -0.115. The van der Waals surface area contributed by atoms with E-state index in [0.717, 1.165) is 5.52 Å². The quantitative estimate of drug-likeness (QED) is 0.627. The summed E-state index contributed by atoms with van der Waals surface area (Å²) in [6.45, 7) is -0.186. The van der Waals surface area contributed by atoms with Gasteiger partial charge in [-0.05, 0) is 18.2 Å². The number of nitrogens with one attached hydrogen (secondary N) is 3. The Labute approximate surface area is 149 Å². The Balaban J connectivity index is 1.61. The van der Waals surface area contributed by atoms with Crippen LogP contribution in [0, 0.1) is 0 Å². The third-order valence-corrected chi connectivity index (χ3v) is 3.76. The Kier molecular flexibility index (Phi) is 5.02. The standard InChI is InChI=1S/C18H18N4O4/c1-25-14-8-7-11(9-15(14)26-2)20-16(23)10-19-18(24)17-12-5-3-4-6-13(12)21-22-17/h3-9H,10H2,1-2H3,(H,19,24)(H,20,23)(H,21,22). The van der Waals surface area contributed by atoms with Crippen molar-refractivity contribution in [3.63, 3.8) is 0 Å². The minimum absolute atomic E-state index is 0.186. The molecular formula is C18H18N4O4. The molecule has 0 aliphatic heterocycles. The van der Waals surface area contributed by atoms with E-state index in [1.807, 2.05) is 18.2 Å². The number of methoxy groups -OCH3 is 2. The van der Waals surface area contributed by atoms with Gasteiger partial charge in [-0.15, -0.1) is 0 Å². The van der Waals surface area contributed by atoms with Crippen molar-refractivity contribution >= 4 is 28.4 Å². The highest BCUT2D eigenvalue weighted by Gasteiger charge is 2.15. The van der Waals surface area contributed by atoms with Crippen molar-refractivity contribution in [2.24, 2.45) is 0 Å². The number of rotatable bonds is 6. The zero-order valence-electron chi connectivity index (χ0n) is 14.3. The van der Waals surface area contributed by atoms with E-state index in [1.165, 1.54) is 14.2 Å². The lowest BCUT2D eigenvalue weighted by atomic mass is 10.2. The van der Waals surface area contributed by atoms with Gasteiger partial charge in [0.25, 0.3) is 5.91 Å². The maximum atomic E-state index is 12.3. The third kappa shape index (κ3) is 3.59. The Hall–Kier alpha value is -3.55. The highest BCUT2D eigenvalue weighted by molar-refractivity contribution is 6.06. The number of hydrogen-bond acceptors (Lipinski definition) is 5. The number of ether oxygens (including phenoxy) is 2. The fraction of sp³-hybridized carbons (Fsp3) is 0.167. The number of fused-ring (bicyclic) bond motifs is 1. The molecule has 8 heteroatoms. The predicted octanol–water partition coefficient (Wildman–Crippen LogP) is 1.95. The first-order valence-corrected chi connectivity index (χ1v) is 7.85. The van der Waals surface area contributed by atoms with Crippen molar-refractivity contribution in [2.45, 2.75) is 0 Å². The van der Waals surface area contributed by atoms with Crippen molar-refractivity contribution in [2.75, 3.05) is 26.1 Å². The zero-order valence-corrected chi connectivity index (χ0v) is 14.3. The van der Waals surface area contributed by atoms with Gasteiger partial charge >= 0.3 is 0 Å². The van der Waals surface area contributed by atoms with Crippen molar-refractivity contribution in [3.05, 3.63) is 48.2 Å². The molecule has 1 heterocycles. The number of anilines is 1. The number of carbonyl (C=O) groups excluding carboxylic acids is 2. The molecule has 2 aromatic carbocycles. The summed E-state index contributed by atoms with van der Waals surface area (Å²) < 4.78 is 10.3. The minimum Gasteiger partial charge on any atom is -0.493 e. The fourth-order valence-corrected chi connectivity index (χ4v) is 2.50. The van der Waals surface area contributed by atoms with Crippen LogP contribution < -0.4 is 20.1 Å². The van der Waals surface area contributed by atoms with E-state index in [2.05, 4.69) is 20.8 Å². The topological polar surface area (TPSA) is 105 Å². The first kappa shape index (κ1) is 17.3. The lowest BCUT2D eigenvalue weighted by Crippen LogP contribution is -2.33. The Bertz CT molecular complexity index is 951. The molecule has 0 aliphatic rings. The van der Waals surface area contributed by atoms with Gasteiger partial charge in [0.1, 0.15) is 0 Å². The number of benzene rings is 2. The fourth-order valence-electron chi connectivity index (χ4n) is 2.50. The van der Waals surface area contributed by atoms with Gasteiger partial charge in [0, 0.05) is 17.1 Å². The lowest BCUT2D eigenvalue weighted by Gasteiger charge is -2.10. The second-order valence-electron chi connectivity index (χ2n) is 5.42. The van der Waals surface area contributed by atoms with Gasteiger partial charge in [0.2, 0.25) is 5.91 Å². The van der Waals surface area contributed by atoms with Gasteiger partial charge < -0.3 is 20.1 Å². The largest absolute Gasteiger partial charge is 0.493 e. The number of H-pyrrole nitrogens is 1. The van der Waals surface area contributed by atoms with Gasteiger partial charge in [-0.25, -0.2) is 0 Å². The predicted molar refractivity (Wildman–Crippen MR) is 96.6 cm³/mol. The van der Waals surface area contributed by atoms with Crippen LogP contribution in [0.25, 0.3) is 10.9 Å². The second kappa shape index (κ2) is 7.56. The average molecular weight is 354 g/mol. The molecule has 26 heavy (non-hydrogen) atoms. The van der Waals surface area contributed by atoms with Gasteiger partial charge in [-0.1, -0.05) is 18.2 Å². The zero-order chi connectivity index (χ0) is 18.5. The van der Waals surface area contributed by atoms with Crippen LogP contribution in [-0.4, -0.2) is 42.8 Å². The molecule has 3 N–H and O–H groups in total. The van der Waals surface area contributed by atoms with Crippen LogP contribution in [0.4, 0.5) is 5.69 Å². The number of aromatic amines is 1. The Morgan fingerprint density at radius 1 is 1.08 bits per heavy atom. The smallest absolute Gasteiger partial charge is 0.272 e. The van der Waals surface area contributed by atoms with Gasteiger partial charge in [0.15, 0.2) is 17.2 Å². The van der Waals surface area contributed by atoms with E-state index in [1.54, 1.807) is 24.3 Å². The number of hydrogen-bond donors (Lipinski definition) is 3. The number of nitrogens with zero attached hydrogens (tertiary/aromatic N) is 1. The molecule has 3 aromatic rings. The Morgan fingerprint density at radius 2 is 1.85 bits per heavy atom. The van der Waals surface area contributed by atoms with E-state index in [4.69, 9.17) is 9.47 Å². The van der Waals surface area contributed by atoms with Gasteiger partial charge in [-0.3, -0.25) is 14.7 Å². The summed E-state index contributed by atoms with van der Waals surface area (Å²) in [7, 11) is 3.04. The molecule has 0 atom stereocenters. The maximum absolute atomic E-state index is 12.3. The molecule has 0 saturated heterocycles. The molecule has 0 bridgehead atoms. The summed E-state index contributed by atoms with van der Waals surface area (Å²) in [6.07, 6.45) is 0. The number of para-hydroxylation sites is 1. The molecule has 1 aromatic heterocycles. The summed E-state index contributed by atoms with van der Waals surface area (Å²) in [5.41, 5.74) is 1.54. The molecule has 134 valence electrons. The minimum atomic E-state index is -0.426. The van der Waals surface area contributed by atoms with E-state index in [0.29, 0.717) is 22.6 Å². The van der Waals surface area contributed by atoms with Crippen LogP contribution in [0.3, 0.4) is 0 Å². The van der Waals surface area contributed by atoms with Gasteiger partial charge in [0.05, 0.1) is 26.3 Å². The Morgan fingerprint density at radius 3 is 2.62 bits per heavy atom. The van der Waals surface area contributed by atoms with Crippen molar-refractivity contribution in [1.29, 1.82) is 0 Å². The first-order chi connectivity index (χ1) is 12.6. The average Bonchev–Trinajstić information content (AvgIpc) is 3.10. The molecule has 0 unspecified atom stereocenters. The second-order valence-corrected chi connectivity index (χ2v) is 5.42. The summed E-state index contributed by atoms with van der Waals surface area (Å²) in [5, 5.41) is 12.7. The summed E-state index contributed by atoms with van der Waals surface area (Å²) in [4.78, 5) is 24.3. The number of amides is 2. The van der Waals surface area contributed by atoms with Crippen LogP contribution in [0.1, 0.15) is 10.5 Å². The highest BCUT2D eigenvalue weighted by atomic mass is 16.5. The van der Waals surface area contributed by atoms with Gasteiger partial charge in [-0.2, -0.15) is 5.10 Å². The number of carbonyl (C=O) groups is 2. The molecule has 0 aliphatic carbocycles. The summed E-state index contributed by atoms with van der Waals surface area (Å²) in [6, 6.07) is 12.3. The molecule has 0 radical (unpaired) electrons. The van der Waals surface area contributed by atoms with E-state index < -0.39 is 5.91 Å². The molecular weight excluding hydrogens is 336 g/mol. The van der Waals surface area contributed by atoms with Crippen LogP contribution in [0.15, 0.2) is 42.5 Å².